The number of halogens is 1. The summed E-state index contributed by atoms with van der Waals surface area (Å²) in [6, 6.07) is 24.4. The summed E-state index contributed by atoms with van der Waals surface area (Å²) in [5.41, 5.74) is 3.39. The van der Waals surface area contributed by atoms with Crippen LogP contribution in [-0.2, 0) is 17.6 Å². The van der Waals surface area contributed by atoms with Crippen LogP contribution in [-0.4, -0.2) is 11.8 Å². The van der Waals surface area contributed by atoms with E-state index in [9.17, 15) is 19.2 Å². The Morgan fingerprint density at radius 1 is 1.05 bits per heavy atom. The average molecular weight is 556 g/mol. The molecule has 0 bridgehead atoms. The highest BCUT2D eigenvalue weighted by molar-refractivity contribution is 8.00. The Hall–Kier alpha value is -3.93. The van der Waals surface area contributed by atoms with Gasteiger partial charge in [-0.1, -0.05) is 43.3 Å². The van der Waals surface area contributed by atoms with Crippen molar-refractivity contribution in [2.45, 2.75) is 36.3 Å². The Morgan fingerprint density at radius 2 is 1.82 bits per heavy atom. The van der Waals surface area contributed by atoms with Gasteiger partial charge in [0.2, 0.25) is 5.91 Å². The zero-order valence-electron chi connectivity index (χ0n) is 21.2. The van der Waals surface area contributed by atoms with Gasteiger partial charge in [-0.25, -0.2) is 4.39 Å². The van der Waals surface area contributed by atoms with Crippen molar-refractivity contribution in [2.24, 2.45) is 5.92 Å². The summed E-state index contributed by atoms with van der Waals surface area (Å²) in [4.78, 5) is 28.3. The zero-order chi connectivity index (χ0) is 27.4. The highest BCUT2D eigenvalue weighted by Crippen LogP contribution is 2.42. The number of amides is 2. The Labute approximate surface area is 235 Å². The molecule has 3 aromatic carbocycles. The van der Waals surface area contributed by atoms with Crippen LogP contribution >= 0.6 is 23.1 Å². The molecule has 1 aliphatic carbocycles. The van der Waals surface area contributed by atoms with E-state index in [1.165, 1.54) is 52.2 Å². The molecule has 0 fully saturated rings. The predicted molar refractivity (Wildman–Crippen MR) is 155 cm³/mol. The lowest BCUT2D eigenvalue weighted by atomic mass is 9.88. The third-order valence-corrected chi connectivity index (χ3v) is 9.07. The summed E-state index contributed by atoms with van der Waals surface area (Å²) in [5, 5.41) is 15.8. The third-order valence-electron chi connectivity index (χ3n) is 6.65. The summed E-state index contributed by atoms with van der Waals surface area (Å²) in [7, 11) is 0. The summed E-state index contributed by atoms with van der Waals surface area (Å²) >= 11 is 2.88. The number of carbonyl (C=O) groups is 2. The Kier molecular flexibility index (Phi) is 8.10. The Morgan fingerprint density at radius 3 is 2.56 bits per heavy atom. The second kappa shape index (κ2) is 11.9. The maximum absolute atomic E-state index is 13.7. The van der Waals surface area contributed by atoms with Gasteiger partial charge in [0.05, 0.1) is 5.56 Å². The number of nitrogens with zero attached hydrogens (tertiary/aromatic N) is 1. The average Bonchev–Trinajstić information content (AvgIpc) is 3.28. The fraction of sp³-hybridized carbons (Fsp3) is 0.194. The van der Waals surface area contributed by atoms with E-state index >= 15 is 0 Å². The molecule has 2 N–H and O–H groups in total. The highest BCUT2D eigenvalue weighted by atomic mass is 32.2. The SMILES string of the molecule is CC1CCc2c(sc(NC(=O)C(Sc3cccc(NC(=O)c4ccc(F)cc4)c3)c3ccccc3)c2C#N)C1. The fourth-order valence-electron chi connectivity index (χ4n) is 4.62. The monoisotopic (exact) mass is 555 g/mol. The highest BCUT2D eigenvalue weighted by Gasteiger charge is 2.28. The molecule has 2 atom stereocenters. The lowest BCUT2D eigenvalue weighted by Gasteiger charge is -2.17. The first-order chi connectivity index (χ1) is 18.9. The number of thioether (sulfide) groups is 1. The molecule has 2 unspecified atom stereocenters. The van der Waals surface area contributed by atoms with Crippen molar-refractivity contribution in [2.75, 3.05) is 10.6 Å². The first kappa shape index (κ1) is 26.7. The van der Waals surface area contributed by atoms with E-state index in [1.54, 1.807) is 12.1 Å². The second-order valence-corrected chi connectivity index (χ2v) is 11.8. The molecule has 0 aliphatic heterocycles. The number of anilines is 2. The summed E-state index contributed by atoms with van der Waals surface area (Å²) in [5.74, 6) is -0.409. The molecular weight excluding hydrogens is 529 g/mol. The van der Waals surface area contributed by atoms with Crippen molar-refractivity contribution in [1.29, 1.82) is 5.26 Å². The van der Waals surface area contributed by atoms with Crippen LogP contribution in [0.3, 0.4) is 0 Å². The molecule has 0 saturated carbocycles. The van der Waals surface area contributed by atoms with E-state index < -0.39 is 11.1 Å². The van der Waals surface area contributed by atoms with Crippen LogP contribution in [0.15, 0.2) is 83.8 Å². The number of nitriles is 1. The van der Waals surface area contributed by atoms with E-state index in [0.29, 0.717) is 27.7 Å². The van der Waals surface area contributed by atoms with E-state index in [4.69, 9.17) is 0 Å². The molecule has 8 heteroatoms. The van der Waals surface area contributed by atoms with Crippen LogP contribution in [0, 0.1) is 23.1 Å². The molecule has 0 radical (unpaired) electrons. The molecule has 39 heavy (non-hydrogen) atoms. The maximum atomic E-state index is 13.7. The number of hydrogen-bond acceptors (Lipinski definition) is 5. The number of benzene rings is 3. The minimum absolute atomic E-state index is 0.213. The lowest BCUT2D eigenvalue weighted by molar-refractivity contribution is -0.115. The van der Waals surface area contributed by atoms with Crippen molar-refractivity contribution < 1.29 is 14.0 Å². The molecule has 0 spiro atoms. The van der Waals surface area contributed by atoms with Gasteiger partial charge in [-0.2, -0.15) is 5.26 Å². The van der Waals surface area contributed by atoms with Gasteiger partial charge in [-0.3, -0.25) is 9.59 Å². The Bertz CT molecular complexity index is 1540. The van der Waals surface area contributed by atoms with E-state index in [0.717, 1.165) is 35.3 Å². The number of thiophene rings is 1. The topological polar surface area (TPSA) is 82.0 Å². The standard InChI is InChI=1S/C31H26FN3O2S2/c1-19-10-15-25-26(18-33)31(39-27(25)16-19)35-30(37)28(20-6-3-2-4-7-20)38-24-9-5-8-23(17-24)34-29(36)21-11-13-22(32)14-12-21/h2-9,11-14,17,19,28H,10,15-16H2,1H3,(H,34,36)(H,35,37). The number of rotatable bonds is 7. The van der Waals surface area contributed by atoms with E-state index in [2.05, 4.69) is 23.6 Å². The van der Waals surface area contributed by atoms with Crippen LogP contribution in [0.4, 0.5) is 15.1 Å². The summed E-state index contributed by atoms with van der Waals surface area (Å²) in [6.45, 7) is 2.21. The first-order valence-corrected chi connectivity index (χ1v) is 14.3. The van der Waals surface area contributed by atoms with Crippen LogP contribution in [0.2, 0.25) is 0 Å². The van der Waals surface area contributed by atoms with Crippen LogP contribution in [0.25, 0.3) is 0 Å². The Balaban J connectivity index is 1.37. The number of fused-ring (bicyclic) bond motifs is 1. The molecule has 0 saturated heterocycles. The van der Waals surface area contributed by atoms with Gasteiger partial charge < -0.3 is 10.6 Å². The minimum Gasteiger partial charge on any atom is -0.322 e. The number of carbonyl (C=O) groups excluding carboxylic acids is 2. The smallest absolute Gasteiger partial charge is 0.255 e. The van der Waals surface area contributed by atoms with Crippen LogP contribution < -0.4 is 10.6 Å². The molecule has 1 heterocycles. The van der Waals surface area contributed by atoms with E-state index in [-0.39, 0.29) is 11.8 Å². The molecule has 5 nitrogen and oxygen atoms in total. The number of nitrogens with one attached hydrogen (secondary N) is 2. The molecule has 2 amide bonds. The van der Waals surface area contributed by atoms with E-state index in [1.807, 2.05) is 42.5 Å². The van der Waals surface area contributed by atoms with Gasteiger partial charge in [-0.15, -0.1) is 23.1 Å². The first-order valence-electron chi connectivity index (χ1n) is 12.7. The van der Waals surface area contributed by atoms with Crippen molar-refractivity contribution in [3.8, 4) is 6.07 Å². The third kappa shape index (κ3) is 6.22. The van der Waals surface area contributed by atoms with Gasteiger partial charge in [0.25, 0.3) is 5.91 Å². The van der Waals surface area contributed by atoms with Gasteiger partial charge in [0, 0.05) is 21.0 Å². The largest absolute Gasteiger partial charge is 0.322 e. The quantitative estimate of drug-likeness (QED) is 0.230. The van der Waals surface area contributed by atoms with Crippen LogP contribution in [0.5, 0.6) is 0 Å². The molecular formula is C31H26FN3O2S2. The molecule has 1 aromatic heterocycles. The zero-order valence-corrected chi connectivity index (χ0v) is 22.9. The summed E-state index contributed by atoms with van der Waals surface area (Å²) < 4.78 is 13.2. The number of hydrogen-bond donors (Lipinski definition) is 2. The van der Waals surface area contributed by atoms with Crippen LogP contribution in [0.1, 0.15) is 50.5 Å². The molecule has 4 aromatic rings. The summed E-state index contributed by atoms with van der Waals surface area (Å²) in [6.07, 6.45) is 2.83. The van der Waals surface area contributed by atoms with Gasteiger partial charge in [-0.05, 0) is 78.8 Å². The van der Waals surface area contributed by atoms with Crippen molar-refractivity contribution in [1.82, 2.24) is 0 Å². The molecule has 196 valence electrons. The molecule has 1 aliphatic rings. The van der Waals surface area contributed by atoms with Crippen molar-refractivity contribution in [3.05, 3.63) is 112 Å². The minimum atomic E-state index is -0.584. The molecule has 5 rings (SSSR count). The fourth-order valence-corrected chi connectivity index (χ4v) is 7.07. The maximum Gasteiger partial charge on any atom is 0.255 e. The van der Waals surface area contributed by atoms with Gasteiger partial charge in [0.15, 0.2) is 0 Å². The lowest BCUT2D eigenvalue weighted by Crippen LogP contribution is -2.19. The second-order valence-electron chi connectivity index (χ2n) is 9.55. The van der Waals surface area contributed by atoms with Crippen molar-refractivity contribution >= 4 is 45.6 Å². The van der Waals surface area contributed by atoms with Gasteiger partial charge >= 0.3 is 0 Å². The predicted octanol–water partition coefficient (Wildman–Crippen LogP) is 7.61. The normalized spacial score (nSPS) is 15.1. The van der Waals surface area contributed by atoms with Crippen molar-refractivity contribution in [3.63, 3.8) is 0 Å². The van der Waals surface area contributed by atoms with Gasteiger partial charge in [0.1, 0.15) is 22.1 Å².